The molecule has 2 amide bonds. The Labute approximate surface area is 130 Å². The number of carbonyl (C=O) groups excluding carboxylic acids is 2. The molecule has 0 spiro atoms. The lowest BCUT2D eigenvalue weighted by molar-refractivity contribution is -0.114. The number of hydrogen-bond acceptors (Lipinski definition) is 2. The molecular formula is C17H21N3O2. The average molecular weight is 299 g/mol. The van der Waals surface area contributed by atoms with Crippen LogP contribution < -0.4 is 10.6 Å². The van der Waals surface area contributed by atoms with Gasteiger partial charge in [-0.05, 0) is 45.0 Å². The first-order valence-corrected chi connectivity index (χ1v) is 7.13. The van der Waals surface area contributed by atoms with Gasteiger partial charge in [-0.15, -0.1) is 0 Å². The molecule has 116 valence electrons. The molecule has 0 bridgehead atoms. The summed E-state index contributed by atoms with van der Waals surface area (Å²) in [6.07, 6.45) is 3.72. The minimum Gasteiger partial charge on any atom is -0.348 e. The van der Waals surface area contributed by atoms with Crippen LogP contribution in [0.25, 0.3) is 0 Å². The predicted molar refractivity (Wildman–Crippen MR) is 88.1 cm³/mol. The van der Waals surface area contributed by atoms with Crippen molar-refractivity contribution in [1.29, 1.82) is 0 Å². The Bertz CT molecular complexity index is 696. The Morgan fingerprint density at radius 2 is 1.68 bits per heavy atom. The number of amides is 2. The normalized spacial score (nSPS) is 11.1. The summed E-state index contributed by atoms with van der Waals surface area (Å²) < 4.78 is 2.00. The number of benzene rings is 1. The molecule has 0 aliphatic heterocycles. The third kappa shape index (κ3) is 3.97. The molecule has 0 aliphatic rings. The Morgan fingerprint density at radius 3 is 2.23 bits per heavy atom. The van der Waals surface area contributed by atoms with Gasteiger partial charge < -0.3 is 15.2 Å². The van der Waals surface area contributed by atoms with E-state index in [1.165, 1.54) is 6.92 Å². The summed E-state index contributed by atoms with van der Waals surface area (Å²) in [7, 11) is 0. The SMILES string of the molecule is CC(=O)Nc1cccc(NC(=O)c2ccn(C(C)(C)C)c2)c1. The zero-order chi connectivity index (χ0) is 16.3. The second-order valence-corrected chi connectivity index (χ2v) is 6.19. The first-order chi connectivity index (χ1) is 10.3. The summed E-state index contributed by atoms with van der Waals surface area (Å²) in [6.45, 7) is 7.67. The summed E-state index contributed by atoms with van der Waals surface area (Å²) in [4.78, 5) is 23.3. The molecule has 5 heteroatoms. The average Bonchev–Trinajstić information content (AvgIpc) is 2.87. The number of rotatable bonds is 3. The zero-order valence-corrected chi connectivity index (χ0v) is 13.3. The first kappa shape index (κ1) is 15.8. The molecule has 2 aromatic rings. The van der Waals surface area contributed by atoms with E-state index in [-0.39, 0.29) is 17.4 Å². The summed E-state index contributed by atoms with van der Waals surface area (Å²) >= 11 is 0. The molecule has 1 heterocycles. The van der Waals surface area contributed by atoms with E-state index in [0.29, 0.717) is 16.9 Å². The number of carbonyl (C=O) groups is 2. The van der Waals surface area contributed by atoms with Gasteiger partial charge in [-0.25, -0.2) is 0 Å². The molecule has 0 unspecified atom stereocenters. The molecule has 0 radical (unpaired) electrons. The van der Waals surface area contributed by atoms with E-state index in [1.54, 1.807) is 30.3 Å². The molecule has 1 aromatic carbocycles. The quantitative estimate of drug-likeness (QED) is 0.911. The molecule has 0 fully saturated rings. The van der Waals surface area contributed by atoms with Gasteiger partial charge in [-0.2, -0.15) is 0 Å². The van der Waals surface area contributed by atoms with Crippen molar-refractivity contribution in [3.05, 3.63) is 48.3 Å². The van der Waals surface area contributed by atoms with Gasteiger partial charge in [0.1, 0.15) is 0 Å². The highest BCUT2D eigenvalue weighted by Crippen LogP contribution is 2.18. The largest absolute Gasteiger partial charge is 0.348 e. The van der Waals surface area contributed by atoms with Crippen LogP contribution in [0.5, 0.6) is 0 Å². The van der Waals surface area contributed by atoms with Gasteiger partial charge in [-0.1, -0.05) is 6.07 Å². The molecule has 0 aliphatic carbocycles. The summed E-state index contributed by atoms with van der Waals surface area (Å²) in [5.74, 6) is -0.325. The molecular weight excluding hydrogens is 278 g/mol. The summed E-state index contributed by atoms with van der Waals surface area (Å²) in [6, 6.07) is 8.84. The lowest BCUT2D eigenvalue weighted by atomic mass is 10.1. The lowest BCUT2D eigenvalue weighted by Crippen LogP contribution is -2.20. The van der Waals surface area contributed by atoms with E-state index in [0.717, 1.165) is 0 Å². The zero-order valence-electron chi connectivity index (χ0n) is 13.3. The van der Waals surface area contributed by atoms with Crippen molar-refractivity contribution in [3.63, 3.8) is 0 Å². The minimum atomic E-state index is -0.178. The van der Waals surface area contributed by atoms with E-state index < -0.39 is 0 Å². The number of aromatic nitrogens is 1. The monoisotopic (exact) mass is 299 g/mol. The standard InChI is InChI=1S/C17H21N3O2/c1-12(21)18-14-6-5-7-15(10-14)19-16(22)13-8-9-20(11-13)17(2,3)4/h5-11H,1-4H3,(H,18,21)(H,19,22). The highest BCUT2D eigenvalue weighted by molar-refractivity contribution is 6.04. The maximum absolute atomic E-state index is 12.3. The molecule has 0 atom stereocenters. The van der Waals surface area contributed by atoms with Crippen LogP contribution in [0.2, 0.25) is 0 Å². The van der Waals surface area contributed by atoms with Crippen LogP contribution in [-0.2, 0) is 10.3 Å². The molecule has 5 nitrogen and oxygen atoms in total. The molecule has 0 saturated carbocycles. The van der Waals surface area contributed by atoms with Crippen molar-refractivity contribution in [1.82, 2.24) is 4.57 Å². The highest BCUT2D eigenvalue weighted by atomic mass is 16.2. The fraction of sp³-hybridized carbons (Fsp3) is 0.294. The van der Waals surface area contributed by atoms with Crippen molar-refractivity contribution in [2.45, 2.75) is 33.2 Å². The molecule has 22 heavy (non-hydrogen) atoms. The number of anilines is 2. The Kier molecular flexibility index (Phi) is 4.35. The highest BCUT2D eigenvalue weighted by Gasteiger charge is 2.15. The van der Waals surface area contributed by atoms with Crippen LogP contribution >= 0.6 is 0 Å². The van der Waals surface area contributed by atoms with Gasteiger partial charge in [0.15, 0.2) is 0 Å². The number of nitrogens with zero attached hydrogens (tertiary/aromatic N) is 1. The maximum atomic E-state index is 12.3. The van der Waals surface area contributed by atoms with Crippen LogP contribution in [-0.4, -0.2) is 16.4 Å². The van der Waals surface area contributed by atoms with Crippen molar-refractivity contribution in [2.24, 2.45) is 0 Å². The summed E-state index contributed by atoms with van der Waals surface area (Å²) in [5.41, 5.74) is 1.82. The number of hydrogen-bond donors (Lipinski definition) is 2. The Balaban J connectivity index is 2.12. The Hall–Kier alpha value is -2.56. The van der Waals surface area contributed by atoms with Crippen molar-refractivity contribution in [3.8, 4) is 0 Å². The Morgan fingerprint density at radius 1 is 1.05 bits per heavy atom. The fourth-order valence-electron chi connectivity index (χ4n) is 2.03. The van der Waals surface area contributed by atoms with Crippen LogP contribution in [0.15, 0.2) is 42.7 Å². The summed E-state index contributed by atoms with van der Waals surface area (Å²) in [5, 5.41) is 5.52. The van der Waals surface area contributed by atoms with Crippen LogP contribution in [0, 0.1) is 0 Å². The van der Waals surface area contributed by atoms with E-state index in [1.807, 2.05) is 17.0 Å². The molecule has 0 saturated heterocycles. The third-order valence-corrected chi connectivity index (χ3v) is 3.17. The van der Waals surface area contributed by atoms with Gasteiger partial charge in [0.2, 0.25) is 5.91 Å². The molecule has 2 N–H and O–H groups in total. The van der Waals surface area contributed by atoms with Gasteiger partial charge in [0.05, 0.1) is 5.56 Å². The van der Waals surface area contributed by atoms with Crippen molar-refractivity contribution >= 4 is 23.2 Å². The lowest BCUT2D eigenvalue weighted by Gasteiger charge is -2.20. The van der Waals surface area contributed by atoms with Gasteiger partial charge in [-0.3, -0.25) is 9.59 Å². The predicted octanol–water partition coefficient (Wildman–Crippen LogP) is 3.45. The molecule has 2 rings (SSSR count). The van der Waals surface area contributed by atoms with E-state index in [2.05, 4.69) is 31.4 Å². The van der Waals surface area contributed by atoms with Crippen LogP contribution in [0.1, 0.15) is 38.1 Å². The fourth-order valence-corrected chi connectivity index (χ4v) is 2.03. The van der Waals surface area contributed by atoms with Crippen LogP contribution in [0.4, 0.5) is 11.4 Å². The van der Waals surface area contributed by atoms with Crippen molar-refractivity contribution in [2.75, 3.05) is 10.6 Å². The van der Waals surface area contributed by atoms with Gasteiger partial charge >= 0.3 is 0 Å². The van der Waals surface area contributed by atoms with Gasteiger partial charge in [0, 0.05) is 36.2 Å². The minimum absolute atomic E-state index is 0.0656. The maximum Gasteiger partial charge on any atom is 0.257 e. The van der Waals surface area contributed by atoms with E-state index in [9.17, 15) is 9.59 Å². The van der Waals surface area contributed by atoms with Crippen molar-refractivity contribution < 1.29 is 9.59 Å². The first-order valence-electron chi connectivity index (χ1n) is 7.13. The van der Waals surface area contributed by atoms with Gasteiger partial charge in [0.25, 0.3) is 5.91 Å². The number of nitrogens with one attached hydrogen (secondary N) is 2. The van der Waals surface area contributed by atoms with Crippen LogP contribution in [0.3, 0.4) is 0 Å². The third-order valence-electron chi connectivity index (χ3n) is 3.17. The topological polar surface area (TPSA) is 63.1 Å². The second kappa shape index (κ2) is 6.05. The van der Waals surface area contributed by atoms with E-state index in [4.69, 9.17) is 0 Å². The second-order valence-electron chi connectivity index (χ2n) is 6.19. The smallest absolute Gasteiger partial charge is 0.257 e. The molecule has 1 aromatic heterocycles. The van der Waals surface area contributed by atoms with E-state index >= 15 is 0 Å².